The number of amides is 1. The fourth-order valence-corrected chi connectivity index (χ4v) is 2.62. The van der Waals surface area contributed by atoms with E-state index in [4.69, 9.17) is 19.3 Å². The van der Waals surface area contributed by atoms with E-state index >= 15 is 0 Å². The molecule has 2 aliphatic heterocycles. The predicted octanol–water partition coefficient (Wildman–Crippen LogP) is -0.499. The molecule has 7 heteroatoms. The molecule has 3 N–H and O–H groups in total. The smallest absolute Gasteiger partial charge is 0.220 e. The molecule has 0 saturated carbocycles. The fourth-order valence-electron chi connectivity index (χ4n) is 2.62. The molecule has 0 aromatic rings. The molecular formula is C13H23NO6. The summed E-state index contributed by atoms with van der Waals surface area (Å²) in [5.74, 6) is -0.928. The van der Waals surface area contributed by atoms with Gasteiger partial charge in [0.1, 0.15) is 18.3 Å². The number of aliphatic hydroxyl groups is 2. The van der Waals surface area contributed by atoms with Gasteiger partial charge in [-0.1, -0.05) is 6.92 Å². The minimum Gasteiger partial charge on any atom is -0.394 e. The first-order valence-electron chi connectivity index (χ1n) is 6.97. The van der Waals surface area contributed by atoms with E-state index in [-0.39, 0.29) is 5.91 Å². The first-order chi connectivity index (χ1) is 9.38. The summed E-state index contributed by atoms with van der Waals surface area (Å²) in [6, 6.07) is -0.539. The van der Waals surface area contributed by atoms with Gasteiger partial charge in [0.25, 0.3) is 0 Å². The lowest BCUT2D eigenvalue weighted by atomic mass is 10.0. The highest BCUT2D eigenvalue weighted by Crippen LogP contribution is 2.38. The summed E-state index contributed by atoms with van der Waals surface area (Å²) in [5, 5.41) is 21.7. The van der Waals surface area contributed by atoms with Crippen molar-refractivity contribution in [1.82, 2.24) is 5.32 Å². The molecular weight excluding hydrogens is 266 g/mol. The van der Waals surface area contributed by atoms with E-state index in [1.807, 2.05) is 6.92 Å². The van der Waals surface area contributed by atoms with E-state index in [0.717, 1.165) is 6.42 Å². The van der Waals surface area contributed by atoms with Crippen LogP contribution in [0.15, 0.2) is 0 Å². The number of ether oxygens (including phenoxy) is 3. The van der Waals surface area contributed by atoms with Crippen LogP contribution in [0.2, 0.25) is 0 Å². The molecule has 0 aliphatic carbocycles. The summed E-state index contributed by atoms with van der Waals surface area (Å²) >= 11 is 0. The third kappa shape index (κ3) is 3.12. The van der Waals surface area contributed by atoms with Crippen molar-refractivity contribution in [3.05, 3.63) is 0 Å². The Hall–Kier alpha value is -0.730. The van der Waals surface area contributed by atoms with Crippen molar-refractivity contribution in [2.75, 3.05) is 6.61 Å². The van der Waals surface area contributed by atoms with Gasteiger partial charge in [0.05, 0.1) is 12.6 Å². The summed E-state index contributed by atoms with van der Waals surface area (Å²) in [7, 11) is 0. The lowest BCUT2D eigenvalue weighted by molar-refractivity contribution is -0.218. The first-order valence-corrected chi connectivity index (χ1v) is 6.97. The number of rotatable bonds is 5. The first kappa shape index (κ1) is 15.7. The van der Waals surface area contributed by atoms with E-state index in [0.29, 0.717) is 6.42 Å². The second-order valence-electron chi connectivity index (χ2n) is 5.66. The lowest BCUT2D eigenvalue weighted by Crippen LogP contribution is -2.52. The third-order valence-corrected chi connectivity index (χ3v) is 3.46. The largest absolute Gasteiger partial charge is 0.394 e. The molecule has 0 spiro atoms. The molecule has 1 amide bonds. The molecule has 2 heterocycles. The van der Waals surface area contributed by atoms with Crippen LogP contribution in [0.25, 0.3) is 0 Å². The molecule has 0 bridgehead atoms. The molecule has 2 rings (SSSR count). The van der Waals surface area contributed by atoms with Gasteiger partial charge >= 0.3 is 0 Å². The molecule has 2 saturated heterocycles. The number of nitrogens with one attached hydrogen (secondary N) is 1. The van der Waals surface area contributed by atoms with Crippen molar-refractivity contribution in [2.24, 2.45) is 0 Å². The molecule has 0 aromatic carbocycles. The van der Waals surface area contributed by atoms with Crippen molar-refractivity contribution in [2.45, 2.75) is 70.0 Å². The monoisotopic (exact) mass is 289 g/mol. The van der Waals surface area contributed by atoms with Crippen LogP contribution in [0.3, 0.4) is 0 Å². The Morgan fingerprint density at radius 3 is 2.70 bits per heavy atom. The minimum absolute atomic E-state index is 0.134. The van der Waals surface area contributed by atoms with Crippen LogP contribution in [-0.4, -0.2) is 59.2 Å². The maximum atomic E-state index is 11.8. The summed E-state index contributed by atoms with van der Waals surface area (Å²) in [6.07, 6.45) is -1.86. The van der Waals surface area contributed by atoms with Gasteiger partial charge in [-0.25, -0.2) is 0 Å². The van der Waals surface area contributed by atoms with E-state index in [2.05, 4.69) is 5.32 Å². The summed E-state index contributed by atoms with van der Waals surface area (Å²) in [6.45, 7) is 4.98. The van der Waals surface area contributed by atoms with Crippen molar-refractivity contribution < 1.29 is 29.2 Å². The van der Waals surface area contributed by atoms with Crippen molar-refractivity contribution in [3.8, 4) is 0 Å². The number of fused-ring (bicyclic) bond motifs is 1. The number of aliphatic hydroxyl groups excluding tert-OH is 2. The Bertz CT molecular complexity index is 361. The topological polar surface area (TPSA) is 97.3 Å². The van der Waals surface area contributed by atoms with Gasteiger partial charge < -0.3 is 29.7 Å². The highest BCUT2D eigenvalue weighted by Gasteiger charge is 2.56. The predicted molar refractivity (Wildman–Crippen MR) is 68.6 cm³/mol. The summed E-state index contributed by atoms with van der Waals surface area (Å²) in [5.41, 5.74) is 0. The van der Waals surface area contributed by atoms with Crippen LogP contribution in [0.4, 0.5) is 0 Å². The molecule has 0 radical (unpaired) electrons. The van der Waals surface area contributed by atoms with Crippen molar-refractivity contribution in [1.29, 1.82) is 0 Å². The molecule has 0 aromatic heterocycles. The molecule has 5 atom stereocenters. The van der Waals surface area contributed by atoms with E-state index < -0.39 is 43.0 Å². The van der Waals surface area contributed by atoms with Gasteiger partial charge in [-0.2, -0.15) is 0 Å². The second-order valence-corrected chi connectivity index (χ2v) is 5.66. The zero-order valence-corrected chi connectivity index (χ0v) is 12.0. The van der Waals surface area contributed by atoms with Crippen molar-refractivity contribution >= 4 is 5.91 Å². The quantitative estimate of drug-likeness (QED) is 0.631. The number of hydrogen-bond acceptors (Lipinski definition) is 6. The Morgan fingerprint density at radius 2 is 2.10 bits per heavy atom. The van der Waals surface area contributed by atoms with Crippen LogP contribution in [-0.2, 0) is 19.0 Å². The van der Waals surface area contributed by atoms with E-state index in [1.165, 1.54) is 0 Å². The average Bonchev–Trinajstić information content (AvgIpc) is 2.82. The Balaban J connectivity index is 2.10. The second kappa shape index (κ2) is 5.95. The maximum absolute atomic E-state index is 11.8. The van der Waals surface area contributed by atoms with Gasteiger partial charge in [0, 0.05) is 6.42 Å². The van der Waals surface area contributed by atoms with E-state index in [9.17, 15) is 9.90 Å². The molecule has 2 aliphatic rings. The zero-order valence-electron chi connectivity index (χ0n) is 12.0. The Labute approximate surface area is 118 Å². The van der Waals surface area contributed by atoms with Crippen LogP contribution in [0.5, 0.6) is 0 Å². The number of hydrogen-bond donors (Lipinski definition) is 3. The number of carbonyl (C=O) groups excluding carboxylic acids is 1. The fraction of sp³-hybridized carbons (Fsp3) is 0.923. The van der Waals surface area contributed by atoms with Gasteiger partial charge in [0.2, 0.25) is 5.91 Å². The zero-order chi connectivity index (χ0) is 14.9. The van der Waals surface area contributed by atoms with Crippen molar-refractivity contribution in [3.63, 3.8) is 0 Å². The molecule has 2 fully saturated rings. The standard InChI is InChI=1S/C13H23NO6/c1-4-5-8(17)14-9-10(7(16)6-15)18-12-11(9)19-13(2,3)20-12/h7,9-12,15-16H,4-6H2,1-3H3,(H,14,17)/t7-,9-,10-,11-,12-/m1/s1. The minimum atomic E-state index is -1.09. The SMILES string of the molecule is CCCC(=O)N[C@H]1[C@H]2OC(C)(C)O[C@H]2O[C@@H]1[C@H](O)CO. The third-order valence-electron chi connectivity index (χ3n) is 3.46. The Kier molecular flexibility index (Phi) is 4.66. The maximum Gasteiger partial charge on any atom is 0.220 e. The molecule has 0 unspecified atom stereocenters. The molecule has 116 valence electrons. The van der Waals surface area contributed by atoms with Crippen LogP contribution in [0, 0.1) is 0 Å². The molecule has 7 nitrogen and oxygen atoms in total. The highest BCUT2D eigenvalue weighted by molar-refractivity contribution is 5.76. The van der Waals surface area contributed by atoms with Gasteiger partial charge in [0.15, 0.2) is 12.1 Å². The summed E-state index contributed by atoms with van der Waals surface area (Å²) < 4.78 is 16.9. The normalized spacial score (nSPS) is 36.6. The van der Waals surface area contributed by atoms with Gasteiger partial charge in [-0.3, -0.25) is 4.79 Å². The van der Waals surface area contributed by atoms with Crippen LogP contribution >= 0.6 is 0 Å². The van der Waals surface area contributed by atoms with Gasteiger partial charge in [-0.15, -0.1) is 0 Å². The highest BCUT2D eigenvalue weighted by atomic mass is 16.8. The van der Waals surface area contributed by atoms with E-state index in [1.54, 1.807) is 13.8 Å². The van der Waals surface area contributed by atoms with Crippen LogP contribution in [0.1, 0.15) is 33.6 Å². The summed E-state index contributed by atoms with van der Waals surface area (Å²) in [4.78, 5) is 11.8. The lowest BCUT2D eigenvalue weighted by Gasteiger charge is -2.28. The van der Waals surface area contributed by atoms with Gasteiger partial charge in [-0.05, 0) is 20.3 Å². The Morgan fingerprint density at radius 1 is 1.40 bits per heavy atom. The average molecular weight is 289 g/mol. The number of carbonyl (C=O) groups is 1. The van der Waals surface area contributed by atoms with Crippen LogP contribution < -0.4 is 5.32 Å². The molecule has 20 heavy (non-hydrogen) atoms.